The Bertz CT molecular complexity index is 1050. The number of esters is 1. The zero-order valence-corrected chi connectivity index (χ0v) is 25.6. The second-order valence-electron chi connectivity index (χ2n) is 12.0. The maximum absolute atomic E-state index is 12.4. The molecule has 3 rings (SSSR count). The lowest BCUT2D eigenvalue weighted by molar-refractivity contribution is -0.282. The number of allylic oxidation sites excluding steroid dienone is 2. The first-order valence-corrected chi connectivity index (χ1v) is 14.9. The molecule has 0 bridgehead atoms. The maximum atomic E-state index is 12.4. The van der Waals surface area contributed by atoms with Crippen LogP contribution in [0.3, 0.4) is 0 Å². The predicted octanol–water partition coefficient (Wildman–Crippen LogP) is 2.21. The van der Waals surface area contributed by atoms with Crippen LogP contribution in [0.15, 0.2) is 36.0 Å². The van der Waals surface area contributed by atoms with E-state index in [0.717, 1.165) is 18.4 Å². The second-order valence-corrected chi connectivity index (χ2v) is 12.0. The summed E-state index contributed by atoms with van der Waals surface area (Å²) in [4.78, 5) is 35.7. The Morgan fingerprint density at radius 2 is 1.90 bits per heavy atom. The maximum Gasteiger partial charge on any atom is 0.303 e. The van der Waals surface area contributed by atoms with E-state index in [1.807, 2.05) is 32.9 Å². The van der Waals surface area contributed by atoms with Crippen LogP contribution in [0, 0.1) is 5.92 Å². The van der Waals surface area contributed by atoms with Crippen LogP contribution < -0.4 is 10.6 Å². The van der Waals surface area contributed by atoms with Crippen LogP contribution >= 0.6 is 0 Å². The van der Waals surface area contributed by atoms with Gasteiger partial charge in [0.2, 0.25) is 11.8 Å². The van der Waals surface area contributed by atoms with Crippen molar-refractivity contribution in [1.29, 1.82) is 0 Å². The third-order valence-electron chi connectivity index (χ3n) is 7.94. The topological polar surface area (TPSA) is 156 Å². The van der Waals surface area contributed by atoms with Crippen molar-refractivity contribution < 1.29 is 43.5 Å². The normalized spacial score (nSPS) is 35.8. The van der Waals surface area contributed by atoms with E-state index in [2.05, 4.69) is 17.6 Å². The molecule has 3 saturated heterocycles. The number of ether oxygens (including phenoxy) is 4. The first-order valence-electron chi connectivity index (χ1n) is 14.9. The monoisotopic (exact) mass is 592 g/mol. The molecule has 1 unspecified atom stereocenters. The number of nitrogens with one attached hydrogen (secondary N) is 2. The number of rotatable bonds is 12. The lowest BCUT2D eigenvalue weighted by Gasteiger charge is -2.42. The fourth-order valence-electron chi connectivity index (χ4n) is 5.51. The van der Waals surface area contributed by atoms with Crippen molar-refractivity contribution in [3.05, 3.63) is 36.0 Å². The van der Waals surface area contributed by atoms with Crippen LogP contribution in [0.2, 0.25) is 0 Å². The van der Waals surface area contributed by atoms with Gasteiger partial charge in [-0.1, -0.05) is 37.6 Å². The van der Waals surface area contributed by atoms with Crippen molar-refractivity contribution in [3.63, 3.8) is 0 Å². The quantitative estimate of drug-likeness (QED) is 0.115. The summed E-state index contributed by atoms with van der Waals surface area (Å²) in [6.07, 6.45) is 7.96. The summed E-state index contributed by atoms with van der Waals surface area (Å²) in [6.45, 7) is 11.7. The SMILES string of the molecule is CCCNC(=O)C[C@]1(O)C[C@@]2(CO2)[C@H](O)[C@@H](/C=C/C(C)=C/C[C@@H]2O[C@H](C)[C@H](NC(=O)C=CC(C)OC(C)=O)C[C@@H]2C)O1. The average Bonchev–Trinajstić information content (AvgIpc) is 3.67. The van der Waals surface area contributed by atoms with Gasteiger partial charge >= 0.3 is 5.97 Å². The van der Waals surface area contributed by atoms with Gasteiger partial charge in [-0.25, -0.2) is 0 Å². The standard InChI is InChI=1S/C31H48N2O9/c1-7-14-32-28(36)16-31(38)17-30(18-39-30)29(37)26(42-31)12-9-19(2)8-11-25-20(3)15-24(22(5)41-25)33-27(35)13-10-21(4)40-23(6)34/h8-10,12-13,20-22,24-26,29,37-38H,7,11,14-18H2,1-6H3,(H,32,36)(H,33,35)/b12-9+,13-10?,19-8+/t20-,21?,22+,24+,25-,26+,29+,30+,31+/m0/s1. The van der Waals surface area contributed by atoms with E-state index in [-0.39, 0.29) is 48.8 Å². The summed E-state index contributed by atoms with van der Waals surface area (Å²) in [6, 6.07) is -0.146. The number of aliphatic hydroxyl groups excluding tert-OH is 1. The van der Waals surface area contributed by atoms with Crippen molar-refractivity contribution in [1.82, 2.24) is 10.6 Å². The molecule has 3 fully saturated rings. The molecule has 236 valence electrons. The third kappa shape index (κ3) is 9.74. The molecule has 1 spiro atoms. The Hall–Kier alpha value is -2.57. The van der Waals surface area contributed by atoms with E-state index in [0.29, 0.717) is 19.6 Å². The van der Waals surface area contributed by atoms with Crippen molar-refractivity contribution in [3.8, 4) is 0 Å². The molecule has 0 aromatic rings. The summed E-state index contributed by atoms with van der Waals surface area (Å²) < 4.78 is 22.6. The van der Waals surface area contributed by atoms with E-state index in [1.165, 1.54) is 19.1 Å². The highest BCUT2D eigenvalue weighted by Crippen LogP contribution is 2.47. The number of aliphatic hydroxyl groups is 2. The van der Waals surface area contributed by atoms with Gasteiger partial charge in [-0.3, -0.25) is 14.4 Å². The summed E-state index contributed by atoms with van der Waals surface area (Å²) >= 11 is 0. The molecule has 2 amide bonds. The average molecular weight is 593 g/mol. The molecule has 9 atom stereocenters. The van der Waals surface area contributed by atoms with Crippen LogP contribution in [-0.4, -0.2) is 89.1 Å². The highest BCUT2D eigenvalue weighted by atomic mass is 16.7. The van der Waals surface area contributed by atoms with Crippen LogP contribution in [-0.2, 0) is 33.3 Å². The van der Waals surface area contributed by atoms with Gasteiger partial charge in [0.1, 0.15) is 23.9 Å². The number of carbonyl (C=O) groups excluding carboxylic acids is 3. The molecule has 4 N–H and O–H groups in total. The van der Waals surface area contributed by atoms with E-state index in [4.69, 9.17) is 18.9 Å². The number of amides is 2. The van der Waals surface area contributed by atoms with E-state index < -0.39 is 35.7 Å². The van der Waals surface area contributed by atoms with Crippen LogP contribution in [0.4, 0.5) is 0 Å². The van der Waals surface area contributed by atoms with Gasteiger partial charge in [0.25, 0.3) is 0 Å². The zero-order valence-electron chi connectivity index (χ0n) is 25.6. The van der Waals surface area contributed by atoms with E-state index >= 15 is 0 Å². The minimum atomic E-state index is -1.73. The second kappa shape index (κ2) is 14.7. The highest BCUT2D eigenvalue weighted by molar-refractivity contribution is 5.87. The summed E-state index contributed by atoms with van der Waals surface area (Å²) in [5, 5.41) is 27.7. The molecule has 0 aliphatic carbocycles. The molecular weight excluding hydrogens is 544 g/mol. The molecule has 0 aromatic carbocycles. The number of hydrogen-bond acceptors (Lipinski definition) is 9. The van der Waals surface area contributed by atoms with Gasteiger partial charge in [-0.2, -0.15) is 0 Å². The molecule has 11 heteroatoms. The number of carbonyl (C=O) groups is 3. The van der Waals surface area contributed by atoms with Crippen LogP contribution in [0.5, 0.6) is 0 Å². The zero-order chi connectivity index (χ0) is 31.1. The fraction of sp³-hybridized carbons (Fsp3) is 0.710. The van der Waals surface area contributed by atoms with Gasteiger partial charge in [-0.15, -0.1) is 0 Å². The Morgan fingerprint density at radius 1 is 1.19 bits per heavy atom. The first kappa shape index (κ1) is 33.9. The van der Waals surface area contributed by atoms with Gasteiger partial charge in [-0.05, 0) is 52.0 Å². The van der Waals surface area contributed by atoms with Crippen LogP contribution in [0.1, 0.15) is 73.6 Å². The lowest BCUT2D eigenvalue weighted by atomic mass is 9.85. The Morgan fingerprint density at radius 3 is 2.55 bits per heavy atom. The van der Waals surface area contributed by atoms with Gasteiger partial charge in [0, 0.05) is 26.0 Å². The molecule has 11 nitrogen and oxygen atoms in total. The number of epoxide rings is 1. The van der Waals surface area contributed by atoms with Gasteiger partial charge in [0.15, 0.2) is 5.79 Å². The van der Waals surface area contributed by atoms with Gasteiger partial charge < -0.3 is 39.8 Å². The fourth-order valence-corrected chi connectivity index (χ4v) is 5.51. The summed E-state index contributed by atoms with van der Waals surface area (Å²) in [5.74, 6) is -2.52. The molecule has 42 heavy (non-hydrogen) atoms. The van der Waals surface area contributed by atoms with Crippen molar-refractivity contribution in [2.24, 2.45) is 5.92 Å². The Labute approximate surface area is 248 Å². The molecule has 0 aromatic heterocycles. The molecule has 3 aliphatic heterocycles. The third-order valence-corrected chi connectivity index (χ3v) is 7.94. The van der Waals surface area contributed by atoms with E-state index in [1.54, 1.807) is 13.0 Å². The molecule has 0 radical (unpaired) electrons. The van der Waals surface area contributed by atoms with Crippen LogP contribution in [0.25, 0.3) is 0 Å². The molecular formula is C31H48N2O9. The lowest BCUT2D eigenvalue weighted by Crippen LogP contribution is -2.57. The largest absolute Gasteiger partial charge is 0.459 e. The highest BCUT2D eigenvalue weighted by Gasteiger charge is 2.62. The number of hydrogen-bond donors (Lipinski definition) is 4. The molecule has 3 aliphatic rings. The first-order chi connectivity index (χ1) is 19.8. The summed E-state index contributed by atoms with van der Waals surface area (Å²) in [7, 11) is 0. The molecule has 3 heterocycles. The smallest absolute Gasteiger partial charge is 0.303 e. The molecule has 0 saturated carbocycles. The van der Waals surface area contributed by atoms with E-state index in [9.17, 15) is 24.6 Å². The Balaban J connectivity index is 1.53. The van der Waals surface area contributed by atoms with Crippen molar-refractivity contribution in [2.45, 2.75) is 122 Å². The van der Waals surface area contributed by atoms with Crippen molar-refractivity contribution >= 4 is 17.8 Å². The Kier molecular flexibility index (Phi) is 11.9. The van der Waals surface area contributed by atoms with Crippen molar-refractivity contribution in [2.75, 3.05) is 13.2 Å². The minimum Gasteiger partial charge on any atom is -0.459 e. The predicted molar refractivity (Wildman–Crippen MR) is 155 cm³/mol. The minimum absolute atomic E-state index is 0.0279. The van der Waals surface area contributed by atoms with Gasteiger partial charge in [0.05, 0.1) is 31.3 Å². The summed E-state index contributed by atoms with van der Waals surface area (Å²) in [5.41, 5.74) is 0.0198.